The van der Waals surface area contributed by atoms with Gasteiger partial charge in [0.25, 0.3) is 0 Å². The number of hydrogen-bond acceptors (Lipinski definition) is 3. The molecule has 23 heavy (non-hydrogen) atoms. The van der Waals surface area contributed by atoms with E-state index >= 15 is 0 Å². The molecule has 3 nitrogen and oxygen atoms in total. The number of anilines is 1. The molecule has 0 aliphatic rings. The Balaban J connectivity index is 1.68. The molecule has 0 heterocycles. The highest BCUT2D eigenvalue weighted by molar-refractivity contribution is 7.99. The van der Waals surface area contributed by atoms with Crippen molar-refractivity contribution >= 4 is 23.4 Å². The SMILES string of the molecule is CCc1ccccc1NC(=O)CSCCOc1ccccc1C. The predicted molar refractivity (Wildman–Crippen MR) is 98.4 cm³/mol. The van der Waals surface area contributed by atoms with E-state index in [-0.39, 0.29) is 5.91 Å². The number of ether oxygens (including phenoxy) is 1. The lowest BCUT2D eigenvalue weighted by Crippen LogP contribution is -2.16. The van der Waals surface area contributed by atoms with E-state index in [1.807, 2.05) is 55.5 Å². The van der Waals surface area contributed by atoms with Crippen molar-refractivity contribution in [2.24, 2.45) is 0 Å². The number of carbonyl (C=O) groups is 1. The number of carbonyl (C=O) groups excluding carboxylic acids is 1. The zero-order valence-electron chi connectivity index (χ0n) is 13.7. The van der Waals surface area contributed by atoms with Crippen molar-refractivity contribution in [3.63, 3.8) is 0 Å². The number of nitrogens with one attached hydrogen (secondary N) is 1. The normalized spacial score (nSPS) is 10.3. The van der Waals surface area contributed by atoms with E-state index in [0.717, 1.165) is 34.7 Å². The molecule has 4 heteroatoms. The molecular formula is C19H23NO2S. The van der Waals surface area contributed by atoms with Gasteiger partial charge in [0.15, 0.2) is 0 Å². The molecule has 0 aliphatic heterocycles. The fourth-order valence-electron chi connectivity index (χ4n) is 2.23. The van der Waals surface area contributed by atoms with Crippen molar-refractivity contribution in [1.29, 1.82) is 0 Å². The lowest BCUT2D eigenvalue weighted by Gasteiger charge is -2.10. The number of benzene rings is 2. The molecule has 0 atom stereocenters. The van der Waals surface area contributed by atoms with Crippen LogP contribution >= 0.6 is 11.8 Å². The average Bonchev–Trinajstić information content (AvgIpc) is 2.56. The van der Waals surface area contributed by atoms with Gasteiger partial charge in [-0.05, 0) is 36.6 Å². The van der Waals surface area contributed by atoms with Gasteiger partial charge in [-0.25, -0.2) is 0 Å². The third-order valence-corrected chi connectivity index (χ3v) is 4.41. The predicted octanol–water partition coefficient (Wildman–Crippen LogP) is 4.31. The molecule has 1 N–H and O–H groups in total. The van der Waals surface area contributed by atoms with Crippen LogP contribution in [-0.4, -0.2) is 24.0 Å². The summed E-state index contributed by atoms with van der Waals surface area (Å²) in [5.74, 6) is 2.17. The number of hydrogen-bond donors (Lipinski definition) is 1. The topological polar surface area (TPSA) is 38.3 Å². The molecule has 1 amide bonds. The molecular weight excluding hydrogens is 306 g/mol. The summed E-state index contributed by atoms with van der Waals surface area (Å²) in [6, 6.07) is 15.9. The second-order valence-corrected chi connectivity index (χ2v) is 6.33. The summed E-state index contributed by atoms with van der Waals surface area (Å²) in [4.78, 5) is 12.0. The summed E-state index contributed by atoms with van der Waals surface area (Å²) < 4.78 is 5.72. The first-order valence-electron chi connectivity index (χ1n) is 7.84. The molecule has 122 valence electrons. The number of amides is 1. The molecule has 0 fully saturated rings. The maximum Gasteiger partial charge on any atom is 0.234 e. The zero-order valence-corrected chi connectivity index (χ0v) is 14.5. The maximum absolute atomic E-state index is 12.0. The summed E-state index contributed by atoms with van der Waals surface area (Å²) in [5, 5.41) is 2.98. The van der Waals surface area contributed by atoms with Crippen LogP contribution in [0.1, 0.15) is 18.1 Å². The Morgan fingerprint density at radius 3 is 2.65 bits per heavy atom. The van der Waals surface area contributed by atoms with Gasteiger partial charge < -0.3 is 10.1 Å². The fourth-order valence-corrected chi connectivity index (χ4v) is 2.83. The summed E-state index contributed by atoms with van der Waals surface area (Å²) in [5.41, 5.74) is 3.21. The first-order chi connectivity index (χ1) is 11.2. The van der Waals surface area contributed by atoms with Gasteiger partial charge in [-0.1, -0.05) is 43.3 Å². The molecule has 0 saturated carbocycles. The van der Waals surface area contributed by atoms with Crippen LogP contribution in [0.25, 0.3) is 0 Å². The van der Waals surface area contributed by atoms with Crippen LogP contribution < -0.4 is 10.1 Å². The second-order valence-electron chi connectivity index (χ2n) is 5.23. The third-order valence-electron chi connectivity index (χ3n) is 3.48. The number of aryl methyl sites for hydroxylation is 2. The molecule has 0 aromatic heterocycles. The van der Waals surface area contributed by atoms with Crippen molar-refractivity contribution in [2.45, 2.75) is 20.3 Å². The molecule has 0 spiro atoms. The van der Waals surface area contributed by atoms with Gasteiger partial charge in [0.1, 0.15) is 5.75 Å². The standard InChI is InChI=1S/C19H23NO2S/c1-3-16-9-5-6-10-17(16)20-19(21)14-23-13-12-22-18-11-7-4-8-15(18)2/h4-11H,3,12-14H2,1-2H3,(H,20,21). The Bertz CT molecular complexity index is 643. The third kappa shape index (κ3) is 5.64. The van der Waals surface area contributed by atoms with Gasteiger partial charge in [-0.2, -0.15) is 0 Å². The minimum Gasteiger partial charge on any atom is -0.492 e. The van der Waals surface area contributed by atoms with Gasteiger partial charge in [-0.15, -0.1) is 11.8 Å². The van der Waals surface area contributed by atoms with E-state index in [1.54, 1.807) is 11.8 Å². The van der Waals surface area contributed by atoms with Crippen molar-refractivity contribution in [1.82, 2.24) is 0 Å². The molecule has 0 radical (unpaired) electrons. The van der Waals surface area contributed by atoms with Crippen molar-refractivity contribution in [3.05, 3.63) is 59.7 Å². The highest BCUT2D eigenvalue weighted by Crippen LogP contribution is 2.17. The van der Waals surface area contributed by atoms with Gasteiger partial charge in [0, 0.05) is 11.4 Å². The summed E-state index contributed by atoms with van der Waals surface area (Å²) in [6.45, 7) is 4.72. The lowest BCUT2D eigenvalue weighted by atomic mass is 10.1. The minimum absolute atomic E-state index is 0.0341. The molecule has 0 unspecified atom stereocenters. The summed E-state index contributed by atoms with van der Waals surface area (Å²) >= 11 is 1.58. The first-order valence-corrected chi connectivity index (χ1v) is 9.00. The minimum atomic E-state index is 0.0341. The Labute approximate surface area is 142 Å². The number of thioether (sulfide) groups is 1. The van der Waals surface area contributed by atoms with E-state index < -0.39 is 0 Å². The van der Waals surface area contributed by atoms with Crippen molar-refractivity contribution < 1.29 is 9.53 Å². The highest BCUT2D eigenvalue weighted by Gasteiger charge is 2.06. The second kappa shape index (κ2) is 9.26. The van der Waals surface area contributed by atoms with Crippen LogP contribution in [0.2, 0.25) is 0 Å². The maximum atomic E-state index is 12.0. The Morgan fingerprint density at radius 1 is 1.13 bits per heavy atom. The number of para-hydroxylation sites is 2. The van der Waals surface area contributed by atoms with Gasteiger partial charge in [0.05, 0.1) is 12.4 Å². The smallest absolute Gasteiger partial charge is 0.234 e. The van der Waals surface area contributed by atoms with Crippen molar-refractivity contribution in [3.8, 4) is 5.75 Å². The lowest BCUT2D eigenvalue weighted by molar-refractivity contribution is -0.113. The molecule has 2 aromatic carbocycles. The van der Waals surface area contributed by atoms with Crippen LogP contribution in [-0.2, 0) is 11.2 Å². The Hall–Kier alpha value is -1.94. The van der Waals surface area contributed by atoms with Crippen LogP contribution in [0.3, 0.4) is 0 Å². The van der Waals surface area contributed by atoms with Gasteiger partial charge >= 0.3 is 0 Å². The van der Waals surface area contributed by atoms with Crippen LogP contribution in [0.4, 0.5) is 5.69 Å². The van der Waals surface area contributed by atoms with E-state index in [2.05, 4.69) is 12.2 Å². The van der Waals surface area contributed by atoms with E-state index in [0.29, 0.717) is 12.4 Å². The monoisotopic (exact) mass is 329 g/mol. The number of rotatable bonds is 8. The average molecular weight is 329 g/mol. The quantitative estimate of drug-likeness (QED) is 0.734. The van der Waals surface area contributed by atoms with Crippen molar-refractivity contribution in [2.75, 3.05) is 23.4 Å². The van der Waals surface area contributed by atoms with Crippen LogP contribution in [0.15, 0.2) is 48.5 Å². The molecule has 2 rings (SSSR count). The highest BCUT2D eigenvalue weighted by atomic mass is 32.2. The summed E-state index contributed by atoms with van der Waals surface area (Å²) in [6.07, 6.45) is 0.911. The van der Waals surface area contributed by atoms with Crippen LogP contribution in [0.5, 0.6) is 5.75 Å². The zero-order chi connectivity index (χ0) is 16.5. The van der Waals surface area contributed by atoms with E-state index in [1.165, 1.54) is 0 Å². The first kappa shape index (κ1) is 17.4. The molecule has 0 aliphatic carbocycles. The van der Waals surface area contributed by atoms with Gasteiger partial charge in [-0.3, -0.25) is 4.79 Å². The Kier molecular flexibility index (Phi) is 7.01. The van der Waals surface area contributed by atoms with E-state index in [9.17, 15) is 4.79 Å². The van der Waals surface area contributed by atoms with Gasteiger partial charge in [0.2, 0.25) is 5.91 Å². The van der Waals surface area contributed by atoms with Crippen LogP contribution in [0, 0.1) is 6.92 Å². The largest absolute Gasteiger partial charge is 0.492 e. The molecule has 0 saturated heterocycles. The fraction of sp³-hybridized carbons (Fsp3) is 0.316. The molecule has 0 bridgehead atoms. The molecule has 2 aromatic rings. The Morgan fingerprint density at radius 2 is 1.87 bits per heavy atom. The summed E-state index contributed by atoms with van der Waals surface area (Å²) in [7, 11) is 0. The van der Waals surface area contributed by atoms with E-state index in [4.69, 9.17) is 4.74 Å².